The van der Waals surface area contributed by atoms with Crippen LogP contribution in [0.2, 0.25) is 0 Å². The van der Waals surface area contributed by atoms with Gasteiger partial charge in [0.25, 0.3) is 11.8 Å². The van der Waals surface area contributed by atoms with Crippen molar-refractivity contribution in [2.24, 2.45) is 0 Å². The summed E-state index contributed by atoms with van der Waals surface area (Å²) in [6, 6.07) is 8.28. The molecule has 0 bridgehead atoms. The summed E-state index contributed by atoms with van der Waals surface area (Å²) in [7, 11) is 0. The van der Waals surface area contributed by atoms with Crippen molar-refractivity contribution in [3.05, 3.63) is 35.4 Å². The van der Waals surface area contributed by atoms with Gasteiger partial charge in [-0.25, -0.2) is 0 Å². The number of hydrogen-bond donors (Lipinski definition) is 0. The van der Waals surface area contributed by atoms with Gasteiger partial charge in [-0.2, -0.15) is 0 Å². The van der Waals surface area contributed by atoms with E-state index < -0.39 is 0 Å². The molecule has 0 spiro atoms. The zero-order valence-corrected chi connectivity index (χ0v) is 16.6. The lowest BCUT2D eigenvalue weighted by Crippen LogP contribution is -2.49. The van der Waals surface area contributed by atoms with Crippen molar-refractivity contribution in [3.63, 3.8) is 0 Å². The minimum Gasteiger partial charge on any atom is -0.333 e. The van der Waals surface area contributed by atoms with Crippen LogP contribution in [0.1, 0.15) is 86.9 Å². The summed E-state index contributed by atoms with van der Waals surface area (Å²) in [4.78, 5) is 30.7. The molecule has 142 valence electrons. The Morgan fingerprint density at radius 2 is 1.00 bits per heavy atom. The highest BCUT2D eigenvalue weighted by molar-refractivity contribution is 6.07. The van der Waals surface area contributed by atoms with Crippen molar-refractivity contribution in [2.45, 2.75) is 90.4 Å². The molecule has 2 aliphatic rings. The van der Waals surface area contributed by atoms with Crippen molar-refractivity contribution in [3.8, 4) is 0 Å². The zero-order valence-electron chi connectivity index (χ0n) is 16.6. The predicted molar refractivity (Wildman–Crippen MR) is 104 cm³/mol. The minimum atomic E-state index is 0.00552. The second-order valence-corrected chi connectivity index (χ2v) is 8.23. The summed E-state index contributed by atoms with van der Waals surface area (Å²) in [6.45, 7) is 8.47. The smallest absolute Gasteiger partial charge is 0.255 e. The van der Waals surface area contributed by atoms with Crippen LogP contribution in [0.15, 0.2) is 24.3 Å². The van der Waals surface area contributed by atoms with Gasteiger partial charge in [-0.3, -0.25) is 9.59 Å². The number of likely N-dealkylation sites (tertiary alicyclic amines) is 2. The first-order chi connectivity index (χ1) is 12.4. The number of carbonyl (C=O) groups is 2. The normalized spacial score (nSPS) is 29.5. The predicted octanol–water partition coefficient (Wildman–Crippen LogP) is 4.49. The number of nitrogens with zero attached hydrogens (tertiary/aromatic N) is 2. The molecule has 4 nitrogen and oxygen atoms in total. The molecule has 2 amide bonds. The van der Waals surface area contributed by atoms with Gasteiger partial charge < -0.3 is 9.80 Å². The molecule has 2 heterocycles. The molecule has 2 saturated heterocycles. The van der Waals surface area contributed by atoms with Crippen molar-refractivity contribution in [1.29, 1.82) is 0 Å². The Morgan fingerprint density at radius 1 is 0.692 bits per heavy atom. The SMILES string of the molecule is CC1CCCC(C)N1C(=O)c1ccccc1C(=O)N1C(C)CCCC1C. The van der Waals surface area contributed by atoms with Gasteiger partial charge in [-0.1, -0.05) is 12.1 Å². The lowest BCUT2D eigenvalue weighted by atomic mass is 9.93. The molecule has 0 aromatic heterocycles. The van der Waals surface area contributed by atoms with Crippen LogP contribution >= 0.6 is 0 Å². The molecule has 0 saturated carbocycles. The van der Waals surface area contributed by atoms with Crippen molar-refractivity contribution >= 4 is 11.8 Å². The average Bonchev–Trinajstić information content (AvgIpc) is 2.61. The summed E-state index contributed by atoms with van der Waals surface area (Å²) in [5.41, 5.74) is 1.12. The second-order valence-electron chi connectivity index (χ2n) is 8.23. The van der Waals surface area contributed by atoms with Crippen LogP contribution in [0.5, 0.6) is 0 Å². The summed E-state index contributed by atoms with van der Waals surface area (Å²) in [6.07, 6.45) is 6.46. The maximum atomic E-state index is 13.3. The van der Waals surface area contributed by atoms with Gasteiger partial charge in [-0.15, -0.1) is 0 Å². The topological polar surface area (TPSA) is 40.6 Å². The van der Waals surface area contributed by atoms with Gasteiger partial charge in [0.15, 0.2) is 0 Å². The first-order valence-electron chi connectivity index (χ1n) is 10.2. The van der Waals surface area contributed by atoms with E-state index in [1.807, 2.05) is 34.1 Å². The Hall–Kier alpha value is -1.84. The molecular formula is C22H32N2O2. The molecule has 0 radical (unpaired) electrons. The van der Waals surface area contributed by atoms with Gasteiger partial charge >= 0.3 is 0 Å². The Kier molecular flexibility index (Phi) is 5.69. The van der Waals surface area contributed by atoms with E-state index in [9.17, 15) is 9.59 Å². The summed E-state index contributed by atoms with van der Waals surface area (Å²) >= 11 is 0. The zero-order chi connectivity index (χ0) is 18.8. The van der Waals surface area contributed by atoms with E-state index in [-0.39, 0.29) is 36.0 Å². The molecule has 4 heteroatoms. The van der Waals surface area contributed by atoms with Crippen LogP contribution in [0.25, 0.3) is 0 Å². The first kappa shape index (κ1) is 18.9. The number of carbonyl (C=O) groups excluding carboxylic acids is 2. The van der Waals surface area contributed by atoms with E-state index >= 15 is 0 Å². The maximum Gasteiger partial charge on any atom is 0.255 e. The van der Waals surface area contributed by atoms with E-state index in [0.717, 1.165) is 38.5 Å². The van der Waals surface area contributed by atoms with Crippen molar-refractivity contribution < 1.29 is 9.59 Å². The van der Waals surface area contributed by atoms with Crippen LogP contribution in [0, 0.1) is 0 Å². The number of piperidine rings is 2. The maximum absolute atomic E-state index is 13.3. The van der Waals surface area contributed by atoms with Crippen LogP contribution < -0.4 is 0 Å². The summed E-state index contributed by atoms with van der Waals surface area (Å²) < 4.78 is 0. The van der Waals surface area contributed by atoms with Gasteiger partial charge in [0.2, 0.25) is 0 Å². The molecule has 1 aromatic carbocycles. The quantitative estimate of drug-likeness (QED) is 0.783. The third-order valence-corrected chi connectivity index (χ3v) is 6.24. The fourth-order valence-corrected chi connectivity index (χ4v) is 4.78. The largest absolute Gasteiger partial charge is 0.333 e. The lowest BCUT2D eigenvalue weighted by molar-refractivity contribution is 0.0468. The molecule has 0 aliphatic carbocycles. The van der Waals surface area contributed by atoms with Crippen LogP contribution in [0.3, 0.4) is 0 Å². The number of hydrogen-bond acceptors (Lipinski definition) is 2. The fourth-order valence-electron chi connectivity index (χ4n) is 4.78. The molecule has 4 unspecified atom stereocenters. The first-order valence-corrected chi connectivity index (χ1v) is 10.2. The van der Waals surface area contributed by atoms with Crippen LogP contribution in [-0.4, -0.2) is 45.8 Å². The molecule has 4 atom stereocenters. The van der Waals surface area contributed by atoms with Crippen LogP contribution in [0.4, 0.5) is 0 Å². The average molecular weight is 357 g/mol. The van der Waals surface area contributed by atoms with Gasteiger partial charge in [0.05, 0.1) is 11.1 Å². The van der Waals surface area contributed by atoms with Gasteiger partial charge in [-0.05, 0) is 78.4 Å². The van der Waals surface area contributed by atoms with E-state index in [1.165, 1.54) is 0 Å². The third-order valence-electron chi connectivity index (χ3n) is 6.24. The molecular weight excluding hydrogens is 324 g/mol. The molecule has 26 heavy (non-hydrogen) atoms. The summed E-state index contributed by atoms with van der Waals surface area (Å²) in [5.74, 6) is 0.0110. The molecule has 1 aromatic rings. The highest BCUT2D eigenvalue weighted by atomic mass is 16.2. The third kappa shape index (κ3) is 3.51. The standard InChI is InChI=1S/C22H32N2O2/c1-15-9-7-10-16(2)23(15)21(25)19-13-5-6-14-20(19)22(26)24-17(3)11-8-12-18(24)4/h5-6,13-18H,7-12H2,1-4H3. The van der Waals surface area contributed by atoms with E-state index in [2.05, 4.69) is 27.7 Å². The van der Waals surface area contributed by atoms with Gasteiger partial charge in [0.1, 0.15) is 0 Å². The Balaban J connectivity index is 1.93. The number of amides is 2. The minimum absolute atomic E-state index is 0.00552. The highest BCUT2D eigenvalue weighted by Gasteiger charge is 2.34. The fraction of sp³-hybridized carbons (Fsp3) is 0.636. The Bertz CT molecular complexity index is 595. The van der Waals surface area contributed by atoms with E-state index in [1.54, 1.807) is 0 Å². The Morgan fingerprint density at radius 3 is 1.31 bits per heavy atom. The van der Waals surface area contributed by atoms with E-state index in [0.29, 0.717) is 11.1 Å². The van der Waals surface area contributed by atoms with Crippen molar-refractivity contribution in [2.75, 3.05) is 0 Å². The molecule has 0 N–H and O–H groups in total. The van der Waals surface area contributed by atoms with Crippen molar-refractivity contribution in [1.82, 2.24) is 9.80 Å². The second kappa shape index (κ2) is 7.81. The highest BCUT2D eigenvalue weighted by Crippen LogP contribution is 2.28. The number of benzene rings is 1. The van der Waals surface area contributed by atoms with Crippen LogP contribution in [-0.2, 0) is 0 Å². The van der Waals surface area contributed by atoms with Gasteiger partial charge in [0, 0.05) is 24.2 Å². The Labute approximate surface area is 157 Å². The molecule has 2 fully saturated rings. The van der Waals surface area contributed by atoms with E-state index in [4.69, 9.17) is 0 Å². The lowest BCUT2D eigenvalue weighted by Gasteiger charge is -2.41. The molecule has 3 rings (SSSR count). The summed E-state index contributed by atoms with van der Waals surface area (Å²) in [5, 5.41) is 0. The number of rotatable bonds is 2. The monoisotopic (exact) mass is 356 g/mol. The molecule has 2 aliphatic heterocycles.